The first-order valence-electron chi connectivity index (χ1n) is 5.24. The van der Waals surface area contributed by atoms with E-state index in [0.29, 0.717) is 23.1 Å². The average molecular weight is 347 g/mol. The summed E-state index contributed by atoms with van der Waals surface area (Å²) in [6.07, 6.45) is -0.769. The standard InChI is InChI=1S/C11H11Cl4NO3/c1-2-18-9-4-3-7(12)5-8(9)16-10(17)19-6-11(13,14)15/h3-5H,2,6H2,1H3,(H,16,17). The van der Waals surface area contributed by atoms with Crippen LogP contribution in [0.4, 0.5) is 10.5 Å². The number of rotatable bonds is 4. The molecule has 0 aliphatic heterocycles. The lowest BCUT2D eigenvalue weighted by Crippen LogP contribution is -2.21. The molecule has 0 saturated heterocycles. The first-order chi connectivity index (χ1) is 8.81. The van der Waals surface area contributed by atoms with Crippen LogP contribution in [0.2, 0.25) is 5.02 Å². The summed E-state index contributed by atoms with van der Waals surface area (Å²) in [5, 5.41) is 2.91. The van der Waals surface area contributed by atoms with E-state index in [1.807, 2.05) is 6.92 Å². The molecule has 1 N–H and O–H groups in total. The quantitative estimate of drug-likeness (QED) is 0.806. The molecule has 106 valence electrons. The van der Waals surface area contributed by atoms with Crippen molar-refractivity contribution in [3.8, 4) is 5.75 Å². The van der Waals surface area contributed by atoms with Gasteiger partial charge in [0.15, 0.2) is 0 Å². The third-order valence-corrected chi connectivity index (χ3v) is 2.41. The fourth-order valence-corrected chi connectivity index (χ4v) is 1.51. The van der Waals surface area contributed by atoms with Gasteiger partial charge in [-0.25, -0.2) is 4.79 Å². The average Bonchev–Trinajstić information content (AvgIpc) is 2.29. The van der Waals surface area contributed by atoms with Gasteiger partial charge in [-0.1, -0.05) is 46.4 Å². The maximum Gasteiger partial charge on any atom is 0.411 e. The summed E-state index contributed by atoms with van der Waals surface area (Å²) < 4.78 is 8.41. The van der Waals surface area contributed by atoms with E-state index in [0.717, 1.165) is 0 Å². The number of nitrogens with one attached hydrogen (secondary N) is 1. The molecule has 0 bridgehead atoms. The van der Waals surface area contributed by atoms with E-state index >= 15 is 0 Å². The summed E-state index contributed by atoms with van der Waals surface area (Å²) in [4.78, 5) is 11.5. The Morgan fingerprint density at radius 2 is 2.05 bits per heavy atom. The number of ether oxygens (including phenoxy) is 2. The molecule has 0 atom stereocenters. The lowest BCUT2D eigenvalue weighted by molar-refractivity contribution is 0.163. The molecule has 0 radical (unpaired) electrons. The summed E-state index contributed by atoms with van der Waals surface area (Å²) in [6.45, 7) is 1.90. The number of halogens is 4. The van der Waals surface area contributed by atoms with Crippen molar-refractivity contribution < 1.29 is 14.3 Å². The van der Waals surface area contributed by atoms with Crippen LogP contribution in [0.5, 0.6) is 5.75 Å². The minimum Gasteiger partial charge on any atom is -0.492 e. The zero-order valence-corrected chi connectivity index (χ0v) is 12.9. The molecular formula is C11H11Cl4NO3. The SMILES string of the molecule is CCOc1ccc(Cl)cc1NC(=O)OCC(Cl)(Cl)Cl. The summed E-state index contributed by atoms with van der Waals surface area (Å²) in [7, 11) is 0. The van der Waals surface area contributed by atoms with Crippen molar-refractivity contribution in [3.05, 3.63) is 23.2 Å². The molecule has 1 rings (SSSR count). The molecule has 19 heavy (non-hydrogen) atoms. The Morgan fingerprint density at radius 1 is 1.37 bits per heavy atom. The van der Waals surface area contributed by atoms with Crippen molar-refractivity contribution >= 4 is 58.2 Å². The van der Waals surface area contributed by atoms with Crippen molar-refractivity contribution in [2.75, 3.05) is 18.5 Å². The molecule has 0 fully saturated rings. The van der Waals surface area contributed by atoms with Crippen LogP contribution >= 0.6 is 46.4 Å². The summed E-state index contributed by atoms with van der Waals surface area (Å²) >= 11 is 22.2. The Balaban J connectivity index is 2.69. The van der Waals surface area contributed by atoms with Gasteiger partial charge >= 0.3 is 6.09 Å². The maximum absolute atomic E-state index is 11.5. The normalized spacial score (nSPS) is 11.0. The van der Waals surface area contributed by atoms with Crippen LogP contribution in [0, 0.1) is 0 Å². The highest BCUT2D eigenvalue weighted by atomic mass is 35.6. The Kier molecular flexibility index (Phi) is 6.33. The number of carbonyl (C=O) groups is 1. The number of anilines is 1. The molecule has 0 aliphatic carbocycles. The third kappa shape index (κ3) is 6.43. The van der Waals surface area contributed by atoms with Crippen LogP contribution in [0.25, 0.3) is 0 Å². The summed E-state index contributed by atoms with van der Waals surface area (Å²) in [6, 6.07) is 4.81. The van der Waals surface area contributed by atoms with Crippen molar-refractivity contribution in [3.63, 3.8) is 0 Å². The Hall–Kier alpha value is -0.550. The maximum atomic E-state index is 11.5. The molecule has 0 heterocycles. The molecule has 1 aromatic carbocycles. The second kappa shape index (κ2) is 7.29. The van der Waals surface area contributed by atoms with Crippen LogP contribution in [-0.2, 0) is 4.74 Å². The van der Waals surface area contributed by atoms with E-state index in [2.05, 4.69) is 5.32 Å². The highest BCUT2D eigenvalue weighted by Crippen LogP contribution is 2.29. The second-order valence-corrected chi connectivity index (χ2v) is 6.34. The van der Waals surface area contributed by atoms with Gasteiger partial charge in [-0.15, -0.1) is 0 Å². The minimum atomic E-state index is -1.66. The number of alkyl halides is 3. The van der Waals surface area contributed by atoms with Gasteiger partial charge in [0.25, 0.3) is 0 Å². The lowest BCUT2D eigenvalue weighted by Gasteiger charge is -2.14. The molecule has 0 unspecified atom stereocenters. The molecular weight excluding hydrogens is 336 g/mol. The number of hydrogen-bond donors (Lipinski definition) is 1. The monoisotopic (exact) mass is 345 g/mol. The van der Waals surface area contributed by atoms with Gasteiger partial charge in [-0.05, 0) is 25.1 Å². The number of amides is 1. The fourth-order valence-electron chi connectivity index (χ4n) is 1.17. The van der Waals surface area contributed by atoms with E-state index in [-0.39, 0.29) is 6.61 Å². The third-order valence-electron chi connectivity index (χ3n) is 1.85. The number of carbonyl (C=O) groups excluding carboxylic acids is 1. The summed E-state index contributed by atoms with van der Waals surface area (Å²) in [5.41, 5.74) is 0.378. The van der Waals surface area contributed by atoms with Crippen LogP contribution in [0.3, 0.4) is 0 Å². The molecule has 0 saturated carbocycles. The van der Waals surface area contributed by atoms with Crippen molar-refractivity contribution in [1.82, 2.24) is 0 Å². The number of hydrogen-bond acceptors (Lipinski definition) is 3. The Morgan fingerprint density at radius 3 is 2.63 bits per heavy atom. The first-order valence-corrected chi connectivity index (χ1v) is 6.76. The summed E-state index contributed by atoms with van der Waals surface area (Å²) in [5.74, 6) is 0.470. The van der Waals surface area contributed by atoms with E-state index < -0.39 is 9.89 Å². The minimum absolute atomic E-state index is 0.367. The van der Waals surface area contributed by atoms with Gasteiger partial charge in [-0.3, -0.25) is 5.32 Å². The smallest absolute Gasteiger partial charge is 0.411 e. The first kappa shape index (κ1) is 16.5. The van der Waals surface area contributed by atoms with E-state index in [9.17, 15) is 4.79 Å². The van der Waals surface area contributed by atoms with Gasteiger partial charge in [-0.2, -0.15) is 0 Å². The predicted octanol–water partition coefficient (Wildman–Crippen LogP) is 4.66. The van der Waals surface area contributed by atoms with E-state index in [4.69, 9.17) is 55.9 Å². The largest absolute Gasteiger partial charge is 0.492 e. The van der Waals surface area contributed by atoms with Crippen LogP contribution in [-0.4, -0.2) is 23.1 Å². The molecule has 4 nitrogen and oxygen atoms in total. The van der Waals surface area contributed by atoms with Crippen molar-refractivity contribution in [1.29, 1.82) is 0 Å². The van der Waals surface area contributed by atoms with Gasteiger partial charge in [0.1, 0.15) is 12.4 Å². The van der Waals surface area contributed by atoms with Gasteiger partial charge < -0.3 is 9.47 Å². The fraction of sp³-hybridized carbons (Fsp3) is 0.364. The zero-order valence-electron chi connectivity index (χ0n) is 9.88. The predicted molar refractivity (Wildman–Crippen MR) is 77.9 cm³/mol. The van der Waals surface area contributed by atoms with E-state index in [1.54, 1.807) is 12.1 Å². The molecule has 0 aromatic heterocycles. The Bertz CT molecular complexity index is 448. The van der Waals surface area contributed by atoms with E-state index in [1.165, 1.54) is 6.07 Å². The molecule has 8 heteroatoms. The van der Waals surface area contributed by atoms with Crippen molar-refractivity contribution in [2.45, 2.75) is 10.7 Å². The van der Waals surface area contributed by atoms with Gasteiger partial charge in [0.05, 0.1) is 12.3 Å². The molecule has 1 amide bonds. The highest BCUT2D eigenvalue weighted by molar-refractivity contribution is 6.67. The molecule has 0 aliphatic rings. The van der Waals surface area contributed by atoms with Crippen LogP contribution < -0.4 is 10.1 Å². The molecule has 0 spiro atoms. The van der Waals surface area contributed by atoms with Crippen LogP contribution in [0.15, 0.2) is 18.2 Å². The van der Waals surface area contributed by atoms with Crippen molar-refractivity contribution in [2.24, 2.45) is 0 Å². The zero-order chi connectivity index (χ0) is 14.5. The molecule has 1 aromatic rings. The topological polar surface area (TPSA) is 47.6 Å². The lowest BCUT2D eigenvalue weighted by atomic mass is 10.3. The second-order valence-electron chi connectivity index (χ2n) is 3.39. The van der Waals surface area contributed by atoms with Gasteiger partial charge in [0.2, 0.25) is 3.79 Å². The number of benzene rings is 1. The Labute approximate surface area is 130 Å². The van der Waals surface area contributed by atoms with Crippen LogP contribution in [0.1, 0.15) is 6.92 Å². The van der Waals surface area contributed by atoms with Gasteiger partial charge in [0, 0.05) is 5.02 Å². The highest BCUT2D eigenvalue weighted by Gasteiger charge is 2.22.